The summed E-state index contributed by atoms with van der Waals surface area (Å²) in [6, 6.07) is 0. The summed E-state index contributed by atoms with van der Waals surface area (Å²) in [6.45, 7) is 12.0. The van der Waals surface area contributed by atoms with Gasteiger partial charge in [0.1, 0.15) is 0 Å². The number of carbonyl (C=O) groups excluding carboxylic acids is 2. The summed E-state index contributed by atoms with van der Waals surface area (Å²) < 4.78 is 12.6. The van der Waals surface area contributed by atoms with Crippen LogP contribution in [0.2, 0.25) is 0 Å². The summed E-state index contributed by atoms with van der Waals surface area (Å²) in [7, 11) is 0. The molecule has 58 heavy (non-hydrogen) atoms. The Morgan fingerprint density at radius 1 is 0.517 bits per heavy atom. The number of β-amino-alcohol motifs (C(OH)–C–C–N with tert-alkyl or cyclic N) is 2. The average Bonchev–Trinajstić information content (AvgIpc) is 3.17. The zero-order chi connectivity index (χ0) is 41.8. The highest BCUT2D eigenvalue weighted by molar-refractivity contribution is 14.0. The van der Waals surface area contributed by atoms with E-state index in [-0.39, 0.29) is 106 Å². The van der Waals surface area contributed by atoms with Gasteiger partial charge in [-0.25, -0.2) is 0 Å². The van der Waals surface area contributed by atoms with Crippen molar-refractivity contribution < 1.29 is 29.3 Å². The molecule has 0 fully saturated rings. The number of aliphatic hydroxyl groups excluding tert-OH is 2. The topological polar surface area (TPSA) is 122 Å². The number of esters is 2. The van der Waals surface area contributed by atoms with Crippen LogP contribution in [0.25, 0.3) is 0 Å². The number of carbonyl (C=O) groups is 2. The van der Waals surface area contributed by atoms with E-state index in [1.807, 2.05) is 18.7 Å². The lowest BCUT2D eigenvalue weighted by molar-refractivity contribution is -0.235. The molecule has 0 aliphatic rings. The number of rotatable bonds is 40. The molecule has 0 saturated heterocycles. The first-order valence-electron chi connectivity index (χ1n) is 23.4. The van der Waals surface area contributed by atoms with Gasteiger partial charge in [-0.05, 0) is 91.9 Å². The Hall–Kier alpha value is -0.280. The molecule has 2 unspecified atom stereocenters. The minimum absolute atomic E-state index is 0. The molecule has 346 valence electrons. The predicted molar refractivity (Wildman–Crippen MR) is 268 cm³/mol. The molecular formula is C48H94I2N2O6. The molecule has 0 amide bonds. The van der Waals surface area contributed by atoms with Crippen LogP contribution in [-0.4, -0.2) is 76.6 Å². The van der Waals surface area contributed by atoms with E-state index in [4.69, 9.17) is 15.2 Å². The van der Waals surface area contributed by atoms with Crippen molar-refractivity contribution in [1.82, 2.24) is 4.90 Å². The summed E-state index contributed by atoms with van der Waals surface area (Å²) >= 11 is 0. The summed E-state index contributed by atoms with van der Waals surface area (Å²) in [6.07, 6.45) is 40.5. The van der Waals surface area contributed by atoms with Crippen molar-refractivity contribution in [3.63, 3.8) is 0 Å². The Bertz CT molecular complexity index is 1010. The fraction of sp³-hybridized carbons (Fsp3) is 0.875. The number of halogens is 2. The van der Waals surface area contributed by atoms with Crippen LogP contribution in [0.1, 0.15) is 221 Å². The first-order chi connectivity index (χ1) is 27.0. The van der Waals surface area contributed by atoms with Gasteiger partial charge in [-0.1, -0.05) is 141 Å². The van der Waals surface area contributed by atoms with E-state index >= 15 is 0 Å². The second-order valence-electron chi connectivity index (χ2n) is 17.1. The number of hydrogen-bond acceptors (Lipinski definition) is 8. The molecule has 0 aliphatic heterocycles. The van der Waals surface area contributed by atoms with Crippen LogP contribution in [0.15, 0.2) is 24.3 Å². The summed E-state index contributed by atoms with van der Waals surface area (Å²) in [4.78, 5) is 28.7. The first kappa shape index (κ1) is 62.0. The molecule has 0 aromatic carbocycles. The molecule has 0 spiro atoms. The Morgan fingerprint density at radius 3 is 1.16 bits per heavy atom. The van der Waals surface area contributed by atoms with Gasteiger partial charge in [0.2, 0.25) is 0 Å². The monoisotopic (exact) mass is 1050 g/mol. The lowest BCUT2D eigenvalue weighted by Gasteiger charge is -2.56. The van der Waals surface area contributed by atoms with Gasteiger partial charge in [-0.3, -0.25) is 14.5 Å². The van der Waals surface area contributed by atoms with Gasteiger partial charge in [0.25, 0.3) is 0 Å². The van der Waals surface area contributed by atoms with Crippen LogP contribution in [0.4, 0.5) is 0 Å². The smallest absolute Gasteiger partial charge is 0.306 e. The summed E-state index contributed by atoms with van der Waals surface area (Å²) in [5.41, 5.74) is 2.71. The Morgan fingerprint density at radius 2 is 0.828 bits per heavy atom. The zero-order valence-electron chi connectivity index (χ0n) is 38.5. The fourth-order valence-corrected chi connectivity index (χ4v) is 7.69. The average molecular weight is 1050 g/mol. The van der Waals surface area contributed by atoms with Gasteiger partial charge in [-0.2, -0.15) is 0 Å². The lowest BCUT2D eigenvalue weighted by atomic mass is 9.70. The maximum atomic E-state index is 13.5. The molecule has 4 N–H and O–H groups in total. The van der Waals surface area contributed by atoms with E-state index in [9.17, 15) is 19.8 Å². The summed E-state index contributed by atoms with van der Waals surface area (Å²) in [5.74, 6) is -0.721. The normalized spacial score (nSPS) is 14.0. The van der Waals surface area contributed by atoms with Gasteiger partial charge in [0, 0.05) is 32.5 Å². The third-order valence-corrected chi connectivity index (χ3v) is 12.0. The van der Waals surface area contributed by atoms with Gasteiger partial charge in [0.05, 0.1) is 18.8 Å². The minimum atomic E-state index is -1.38. The molecule has 0 radical (unpaired) electrons. The number of ether oxygens (including phenoxy) is 2. The van der Waals surface area contributed by atoms with Crippen molar-refractivity contribution in [2.24, 2.45) is 5.73 Å². The molecule has 0 heterocycles. The quantitative estimate of drug-likeness (QED) is 0.0240. The molecule has 0 bridgehead atoms. The first-order valence-corrected chi connectivity index (χ1v) is 23.4. The molecule has 0 aliphatic carbocycles. The zero-order valence-corrected chi connectivity index (χ0v) is 43.2. The number of nitrogens with zero attached hydrogens (tertiary/aromatic N) is 1. The molecule has 0 aromatic rings. The fourth-order valence-electron chi connectivity index (χ4n) is 7.69. The van der Waals surface area contributed by atoms with Gasteiger partial charge in [0.15, 0.2) is 11.2 Å². The second-order valence-corrected chi connectivity index (χ2v) is 17.1. The maximum absolute atomic E-state index is 13.5. The Balaban J connectivity index is -0.0000151. The Kier molecular flexibility index (Phi) is 43.6. The van der Waals surface area contributed by atoms with Gasteiger partial charge in [-0.15, -0.1) is 48.0 Å². The van der Waals surface area contributed by atoms with Crippen LogP contribution >= 0.6 is 48.0 Å². The second kappa shape index (κ2) is 40.8. The van der Waals surface area contributed by atoms with Crippen molar-refractivity contribution in [3.8, 4) is 0 Å². The number of aliphatic hydroxyl groups is 2. The summed E-state index contributed by atoms with van der Waals surface area (Å²) in [5, 5.41) is 19.8. The standard InChI is InChI=1S/C48H92N2O6.2HI/c1-7-9-11-13-15-17-19-21-23-25-27-29-31-33-35-37-44(53)55-47(5,43-49)48(6,46(3,4)50(39-41-51)40-42-52)56-45(54)38-36-34-32-30-28-26-24-22-20-18-16-14-12-10-8-2;;/h21-24,51-52H,7-20,25-43,49H2,1-6H3;2*1H/b23-21-,24-22-;;. The highest BCUT2D eigenvalue weighted by atomic mass is 127. The number of allylic oxidation sites excluding steroid dienone is 4. The number of nitrogens with two attached hydrogens (primary N) is 1. The highest BCUT2D eigenvalue weighted by Crippen LogP contribution is 2.42. The minimum Gasteiger partial charge on any atom is -0.454 e. The van der Waals surface area contributed by atoms with Crippen LogP contribution in [-0.2, 0) is 19.1 Å². The molecule has 0 rings (SSSR count). The van der Waals surface area contributed by atoms with Crippen molar-refractivity contribution in [1.29, 1.82) is 0 Å². The third kappa shape index (κ3) is 28.3. The SMILES string of the molecule is CCCCCCCC/C=C\CCCCCCCC(=O)OC(C)(CN)C(C)(OC(=O)CCCCCCC/C=C\CCCCCCCC)C(C)(C)N(CCO)CCO.I.I. The molecular weight excluding hydrogens is 954 g/mol. The number of unbranched alkanes of at least 4 members (excludes halogenated alkanes) is 22. The Labute approximate surface area is 392 Å². The predicted octanol–water partition coefficient (Wildman–Crippen LogP) is 12.9. The van der Waals surface area contributed by atoms with E-state index in [1.165, 1.54) is 89.9 Å². The number of hydrogen-bond donors (Lipinski definition) is 3. The molecule has 2 atom stereocenters. The molecule has 10 heteroatoms. The van der Waals surface area contributed by atoms with Crippen molar-refractivity contribution in [2.75, 3.05) is 32.8 Å². The van der Waals surface area contributed by atoms with Gasteiger partial charge < -0.3 is 25.4 Å². The highest BCUT2D eigenvalue weighted by Gasteiger charge is 2.61. The van der Waals surface area contributed by atoms with E-state index in [0.717, 1.165) is 77.0 Å². The van der Waals surface area contributed by atoms with Crippen molar-refractivity contribution in [3.05, 3.63) is 24.3 Å². The van der Waals surface area contributed by atoms with Crippen LogP contribution < -0.4 is 5.73 Å². The van der Waals surface area contributed by atoms with Crippen molar-refractivity contribution >= 4 is 59.9 Å². The van der Waals surface area contributed by atoms with E-state index in [0.29, 0.717) is 0 Å². The molecule has 8 nitrogen and oxygen atoms in total. The largest absolute Gasteiger partial charge is 0.454 e. The third-order valence-electron chi connectivity index (χ3n) is 12.0. The van der Waals surface area contributed by atoms with E-state index < -0.39 is 16.7 Å². The van der Waals surface area contributed by atoms with Crippen molar-refractivity contribution in [2.45, 2.75) is 238 Å². The van der Waals surface area contributed by atoms with Crippen LogP contribution in [0.5, 0.6) is 0 Å². The maximum Gasteiger partial charge on any atom is 0.306 e. The van der Waals surface area contributed by atoms with E-state index in [1.54, 1.807) is 13.8 Å². The molecule has 0 aromatic heterocycles. The lowest BCUT2D eigenvalue weighted by Crippen LogP contribution is -2.73. The molecule has 0 saturated carbocycles. The van der Waals surface area contributed by atoms with E-state index in [2.05, 4.69) is 38.2 Å². The van der Waals surface area contributed by atoms with Crippen LogP contribution in [0.3, 0.4) is 0 Å². The van der Waals surface area contributed by atoms with Crippen LogP contribution in [0, 0.1) is 0 Å². The van der Waals surface area contributed by atoms with Gasteiger partial charge >= 0.3 is 11.9 Å².